The zero-order chi connectivity index (χ0) is 15.5. The van der Waals surface area contributed by atoms with E-state index in [0.29, 0.717) is 17.4 Å². The summed E-state index contributed by atoms with van der Waals surface area (Å²) < 4.78 is 23.7. The van der Waals surface area contributed by atoms with Gasteiger partial charge in [0.05, 0.1) is 22.0 Å². The van der Waals surface area contributed by atoms with Gasteiger partial charge in [-0.25, -0.2) is 8.42 Å². The number of hydrogen-bond acceptors (Lipinski definition) is 4. The lowest BCUT2D eigenvalue weighted by Gasteiger charge is -2.34. The van der Waals surface area contributed by atoms with Crippen LogP contribution in [-0.2, 0) is 9.84 Å². The van der Waals surface area contributed by atoms with Gasteiger partial charge < -0.3 is 5.32 Å². The number of nitrogens with zero attached hydrogens (tertiary/aromatic N) is 1. The third-order valence-corrected chi connectivity index (χ3v) is 6.10. The molecule has 118 valence electrons. The Morgan fingerprint density at radius 2 is 2.19 bits per heavy atom. The minimum absolute atomic E-state index is 0.0943. The van der Waals surface area contributed by atoms with Gasteiger partial charge >= 0.3 is 0 Å². The maximum Gasteiger partial charge on any atom is 0.150 e. The smallest absolute Gasteiger partial charge is 0.150 e. The Hall–Kier alpha value is -0.650. The second kappa shape index (κ2) is 7.07. The summed E-state index contributed by atoms with van der Waals surface area (Å²) in [4.78, 5) is 4.42. The van der Waals surface area contributed by atoms with Crippen LogP contribution in [0.2, 0.25) is 5.02 Å². The molecule has 1 aromatic rings. The molecule has 1 saturated carbocycles. The highest BCUT2D eigenvalue weighted by molar-refractivity contribution is 7.91. The molecular formula is C15H23ClN2O2S. The Morgan fingerprint density at radius 1 is 1.43 bits per heavy atom. The van der Waals surface area contributed by atoms with Gasteiger partial charge in [-0.3, -0.25) is 4.98 Å². The number of rotatable bonds is 5. The first-order valence-electron chi connectivity index (χ1n) is 7.45. The molecular weight excluding hydrogens is 308 g/mol. The summed E-state index contributed by atoms with van der Waals surface area (Å²) in [6.45, 7) is 2.88. The van der Waals surface area contributed by atoms with Crippen molar-refractivity contribution < 1.29 is 8.42 Å². The third-order valence-electron chi connectivity index (χ3n) is 4.24. The van der Waals surface area contributed by atoms with E-state index in [2.05, 4.69) is 17.2 Å². The van der Waals surface area contributed by atoms with Crippen LogP contribution >= 0.6 is 11.6 Å². The molecule has 0 radical (unpaired) electrons. The zero-order valence-electron chi connectivity index (χ0n) is 12.5. The number of aromatic nitrogens is 1. The lowest BCUT2D eigenvalue weighted by Crippen LogP contribution is -2.36. The van der Waals surface area contributed by atoms with Crippen LogP contribution in [0.4, 0.5) is 0 Å². The van der Waals surface area contributed by atoms with Crippen LogP contribution in [0.15, 0.2) is 18.3 Å². The predicted octanol–water partition coefficient (Wildman–Crippen LogP) is 2.99. The van der Waals surface area contributed by atoms with E-state index in [9.17, 15) is 8.42 Å². The topological polar surface area (TPSA) is 59.1 Å². The Bertz CT molecular complexity index is 560. The fourth-order valence-corrected chi connectivity index (χ4v) is 4.48. The van der Waals surface area contributed by atoms with Crippen molar-refractivity contribution in [2.45, 2.75) is 43.9 Å². The lowest BCUT2D eigenvalue weighted by molar-refractivity contribution is 0.271. The predicted molar refractivity (Wildman–Crippen MR) is 86.3 cm³/mol. The largest absolute Gasteiger partial charge is 0.309 e. The van der Waals surface area contributed by atoms with Gasteiger partial charge in [0.25, 0.3) is 0 Å². The molecule has 0 amide bonds. The fourth-order valence-electron chi connectivity index (χ4n) is 3.18. The van der Waals surface area contributed by atoms with Crippen LogP contribution in [-0.4, -0.2) is 31.5 Å². The van der Waals surface area contributed by atoms with Crippen molar-refractivity contribution in [3.63, 3.8) is 0 Å². The molecule has 2 rings (SSSR count). The molecule has 21 heavy (non-hydrogen) atoms. The van der Waals surface area contributed by atoms with Crippen molar-refractivity contribution >= 4 is 21.4 Å². The Kier molecular flexibility index (Phi) is 5.63. The standard InChI is InChI=1S/C15H23ClN2O2S/c1-3-17-15(14-8-7-12(16)10-18-14)11-5-4-6-13(9-11)21(2,19)20/h7-8,10-11,13,15,17H,3-6,9H2,1-2H3. The molecule has 1 N–H and O–H groups in total. The molecule has 1 aliphatic carbocycles. The van der Waals surface area contributed by atoms with Crippen LogP contribution in [0, 0.1) is 5.92 Å². The van der Waals surface area contributed by atoms with Gasteiger partial charge in [0.2, 0.25) is 0 Å². The number of hydrogen-bond donors (Lipinski definition) is 1. The first-order valence-corrected chi connectivity index (χ1v) is 9.78. The van der Waals surface area contributed by atoms with Crippen LogP contribution in [0.25, 0.3) is 0 Å². The van der Waals surface area contributed by atoms with E-state index >= 15 is 0 Å². The van der Waals surface area contributed by atoms with Crippen molar-refractivity contribution in [2.75, 3.05) is 12.8 Å². The second-order valence-corrected chi connectivity index (χ2v) is 8.58. The first-order chi connectivity index (χ1) is 9.91. The molecule has 1 fully saturated rings. The average molecular weight is 331 g/mol. The third kappa shape index (κ3) is 4.41. The monoisotopic (exact) mass is 330 g/mol. The van der Waals surface area contributed by atoms with Crippen molar-refractivity contribution in [2.24, 2.45) is 5.92 Å². The van der Waals surface area contributed by atoms with E-state index in [-0.39, 0.29) is 11.3 Å². The highest BCUT2D eigenvalue weighted by atomic mass is 35.5. The molecule has 1 aromatic heterocycles. The van der Waals surface area contributed by atoms with Gasteiger partial charge in [-0.2, -0.15) is 0 Å². The van der Waals surface area contributed by atoms with E-state index in [0.717, 1.165) is 31.5 Å². The Morgan fingerprint density at radius 3 is 2.76 bits per heavy atom. The molecule has 1 heterocycles. The Balaban J connectivity index is 2.19. The summed E-state index contributed by atoms with van der Waals surface area (Å²) in [5.41, 5.74) is 0.945. The van der Waals surface area contributed by atoms with E-state index in [1.807, 2.05) is 12.1 Å². The molecule has 3 atom stereocenters. The maximum absolute atomic E-state index is 11.8. The van der Waals surface area contributed by atoms with Crippen molar-refractivity contribution in [3.05, 3.63) is 29.0 Å². The summed E-state index contributed by atoms with van der Waals surface area (Å²) in [5.74, 6) is 0.298. The van der Waals surface area contributed by atoms with E-state index < -0.39 is 9.84 Å². The number of pyridine rings is 1. The van der Waals surface area contributed by atoms with Crippen molar-refractivity contribution in [3.8, 4) is 0 Å². The molecule has 3 unspecified atom stereocenters. The first kappa shape index (κ1) is 16.7. The van der Waals surface area contributed by atoms with Crippen LogP contribution in [0.3, 0.4) is 0 Å². The van der Waals surface area contributed by atoms with Gasteiger partial charge in [0.15, 0.2) is 0 Å². The maximum atomic E-state index is 11.8. The minimum atomic E-state index is -2.97. The molecule has 4 nitrogen and oxygen atoms in total. The SMILES string of the molecule is CCNC(c1ccc(Cl)cn1)C1CCCC(S(C)(=O)=O)C1. The van der Waals surface area contributed by atoms with Crippen LogP contribution in [0.5, 0.6) is 0 Å². The van der Waals surface area contributed by atoms with E-state index in [1.165, 1.54) is 6.26 Å². The van der Waals surface area contributed by atoms with Crippen LogP contribution in [0.1, 0.15) is 44.3 Å². The summed E-state index contributed by atoms with van der Waals surface area (Å²) in [7, 11) is -2.97. The minimum Gasteiger partial charge on any atom is -0.309 e. The van der Waals surface area contributed by atoms with Crippen molar-refractivity contribution in [1.29, 1.82) is 0 Å². The quantitative estimate of drug-likeness (QED) is 0.901. The number of sulfone groups is 1. The number of nitrogens with one attached hydrogen (secondary N) is 1. The lowest BCUT2D eigenvalue weighted by atomic mass is 9.82. The summed E-state index contributed by atoms with van der Waals surface area (Å²) in [6.07, 6.45) is 6.48. The Labute approximate surface area is 132 Å². The average Bonchev–Trinajstić information content (AvgIpc) is 2.45. The molecule has 0 aromatic carbocycles. The zero-order valence-corrected chi connectivity index (χ0v) is 14.1. The number of halogens is 1. The summed E-state index contributed by atoms with van der Waals surface area (Å²) in [5, 5.41) is 3.86. The molecule has 6 heteroatoms. The highest BCUT2D eigenvalue weighted by Crippen LogP contribution is 2.36. The molecule has 0 saturated heterocycles. The molecule has 0 spiro atoms. The fraction of sp³-hybridized carbons (Fsp3) is 0.667. The second-order valence-electron chi connectivity index (χ2n) is 5.81. The highest BCUT2D eigenvalue weighted by Gasteiger charge is 2.33. The van der Waals surface area contributed by atoms with E-state index in [1.54, 1.807) is 6.20 Å². The van der Waals surface area contributed by atoms with Crippen molar-refractivity contribution in [1.82, 2.24) is 10.3 Å². The molecule has 0 bridgehead atoms. The molecule has 0 aliphatic heterocycles. The summed E-state index contributed by atoms with van der Waals surface area (Å²) >= 11 is 5.90. The van der Waals surface area contributed by atoms with Gasteiger partial charge in [0, 0.05) is 12.5 Å². The normalized spacial score (nSPS) is 24.7. The van der Waals surface area contributed by atoms with Gasteiger partial charge in [-0.15, -0.1) is 0 Å². The van der Waals surface area contributed by atoms with Gasteiger partial charge in [-0.1, -0.05) is 24.9 Å². The van der Waals surface area contributed by atoms with E-state index in [4.69, 9.17) is 11.6 Å². The summed E-state index contributed by atoms with van der Waals surface area (Å²) in [6, 6.07) is 3.86. The van der Waals surface area contributed by atoms with Gasteiger partial charge in [-0.05, 0) is 43.9 Å². The molecule has 1 aliphatic rings. The van der Waals surface area contributed by atoms with Gasteiger partial charge in [0.1, 0.15) is 9.84 Å². The van der Waals surface area contributed by atoms with Crippen LogP contribution < -0.4 is 5.32 Å².